The van der Waals surface area contributed by atoms with E-state index in [1.54, 1.807) is 6.20 Å². The standard InChI is InChI=1S/C13H13BrClN3O/c1-2-18-13(19)12(14)11(8-17-18)16-7-9-5-3-4-6-10(9)15/h3-6,8,16H,2,7H2,1H3. The molecule has 0 bridgehead atoms. The highest BCUT2D eigenvalue weighted by Gasteiger charge is 2.08. The third-order valence-corrected chi connectivity index (χ3v) is 3.85. The Bertz CT molecular complexity index is 642. The van der Waals surface area contributed by atoms with Gasteiger partial charge in [0.2, 0.25) is 0 Å². The molecule has 1 aromatic carbocycles. The summed E-state index contributed by atoms with van der Waals surface area (Å²) in [5, 5.41) is 7.92. The summed E-state index contributed by atoms with van der Waals surface area (Å²) >= 11 is 9.37. The highest BCUT2D eigenvalue weighted by Crippen LogP contribution is 2.20. The Hall–Kier alpha value is -1.33. The molecular weight excluding hydrogens is 330 g/mol. The summed E-state index contributed by atoms with van der Waals surface area (Å²) in [5.41, 5.74) is 1.48. The number of nitrogens with one attached hydrogen (secondary N) is 1. The lowest BCUT2D eigenvalue weighted by Crippen LogP contribution is -2.23. The predicted octanol–water partition coefficient (Wildman–Crippen LogP) is 3.29. The number of anilines is 1. The second-order valence-corrected chi connectivity index (χ2v) is 5.14. The van der Waals surface area contributed by atoms with E-state index in [0.717, 1.165) is 5.56 Å². The van der Waals surface area contributed by atoms with Gasteiger partial charge in [-0.05, 0) is 34.5 Å². The molecule has 0 aliphatic rings. The van der Waals surface area contributed by atoms with Crippen LogP contribution in [0.4, 0.5) is 5.69 Å². The average molecular weight is 343 g/mol. The third kappa shape index (κ3) is 3.16. The highest BCUT2D eigenvalue weighted by atomic mass is 79.9. The molecule has 0 fully saturated rings. The summed E-state index contributed by atoms with van der Waals surface area (Å²) in [4.78, 5) is 11.9. The van der Waals surface area contributed by atoms with Crippen LogP contribution in [0.15, 0.2) is 39.7 Å². The van der Waals surface area contributed by atoms with Gasteiger partial charge in [0.25, 0.3) is 5.56 Å². The minimum absolute atomic E-state index is 0.147. The number of benzene rings is 1. The first kappa shape index (κ1) is 14.1. The predicted molar refractivity (Wildman–Crippen MR) is 80.6 cm³/mol. The van der Waals surface area contributed by atoms with Crippen molar-refractivity contribution >= 4 is 33.2 Å². The van der Waals surface area contributed by atoms with E-state index >= 15 is 0 Å². The second kappa shape index (κ2) is 6.21. The van der Waals surface area contributed by atoms with E-state index in [-0.39, 0.29) is 5.56 Å². The van der Waals surface area contributed by atoms with Crippen LogP contribution in [-0.4, -0.2) is 9.78 Å². The molecule has 6 heteroatoms. The molecule has 19 heavy (non-hydrogen) atoms. The van der Waals surface area contributed by atoms with Crippen LogP contribution in [0.3, 0.4) is 0 Å². The van der Waals surface area contributed by atoms with Crippen LogP contribution < -0.4 is 10.9 Å². The molecule has 0 aliphatic heterocycles. The van der Waals surface area contributed by atoms with Gasteiger partial charge in [-0.1, -0.05) is 29.8 Å². The number of hydrogen-bond donors (Lipinski definition) is 1. The van der Waals surface area contributed by atoms with Gasteiger partial charge in [-0.15, -0.1) is 0 Å². The lowest BCUT2D eigenvalue weighted by atomic mass is 10.2. The van der Waals surface area contributed by atoms with Gasteiger partial charge in [-0.3, -0.25) is 4.79 Å². The van der Waals surface area contributed by atoms with E-state index in [2.05, 4.69) is 26.3 Å². The largest absolute Gasteiger partial charge is 0.379 e. The molecule has 0 atom stereocenters. The molecule has 2 rings (SSSR count). The maximum absolute atomic E-state index is 11.9. The van der Waals surface area contributed by atoms with Crippen molar-refractivity contribution < 1.29 is 0 Å². The number of rotatable bonds is 4. The van der Waals surface area contributed by atoms with E-state index < -0.39 is 0 Å². The van der Waals surface area contributed by atoms with Gasteiger partial charge < -0.3 is 5.32 Å². The summed E-state index contributed by atoms with van der Waals surface area (Å²) in [7, 11) is 0. The van der Waals surface area contributed by atoms with Gasteiger partial charge in [-0.2, -0.15) is 5.10 Å². The van der Waals surface area contributed by atoms with Crippen molar-refractivity contribution in [2.24, 2.45) is 0 Å². The molecule has 4 nitrogen and oxygen atoms in total. The molecule has 0 saturated heterocycles. The van der Waals surface area contributed by atoms with E-state index in [0.29, 0.717) is 28.3 Å². The highest BCUT2D eigenvalue weighted by molar-refractivity contribution is 9.10. The molecule has 0 aliphatic carbocycles. The molecule has 1 N–H and O–H groups in total. The average Bonchev–Trinajstić information content (AvgIpc) is 2.42. The van der Waals surface area contributed by atoms with E-state index in [4.69, 9.17) is 11.6 Å². The number of halogens is 2. The summed E-state index contributed by atoms with van der Waals surface area (Å²) in [6.45, 7) is 2.95. The molecule has 0 saturated carbocycles. The van der Waals surface area contributed by atoms with Crippen molar-refractivity contribution in [3.63, 3.8) is 0 Å². The zero-order valence-electron chi connectivity index (χ0n) is 10.4. The van der Waals surface area contributed by atoms with E-state index in [1.807, 2.05) is 31.2 Å². The normalized spacial score (nSPS) is 10.5. The van der Waals surface area contributed by atoms with Crippen LogP contribution in [0.25, 0.3) is 0 Å². The minimum atomic E-state index is -0.147. The first-order valence-electron chi connectivity index (χ1n) is 5.86. The Morgan fingerprint density at radius 2 is 2.16 bits per heavy atom. The minimum Gasteiger partial charge on any atom is -0.379 e. The fraction of sp³-hybridized carbons (Fsp3) is 0.231. The van der Waals surface area contributed by atoms with Gasteiger partial charge in [0.05, 0.1) is 11.9 Å². The summed E-state index contributed by atoms with van der Waals surface area (Å²) in [6.07, 6.45) is 1.63. The molecule has 0 radical (unpaired) electrons. The number of hydrogen-bond acceptors (Lipinski definition) is 3. The monoisotopic (exact) mass is 341 g/mol. The fourth-order valence-electron chi connectivity index (χ4n) is 1.65. The van der Waals surface area contributed by atoms with Crippen LogP contribution in [0.2, 0.25) is 5.02 Å². The number of nitrogens with zero attached hydrogens (tertiary/aromatic N) is 2. The molecule has 1 heterocycles. The lowest BCUT2D eigenvalue weighted by Gasteiger charge is -2.10. The SMILES string of the molecule is CCn1ncc(NCc2ccccc2Cl)c(Br)c1=O. The summed E-state index contributed by atoms with van der Waals surface area (Å²) in [5.74, 6) is 0. The Kier molecular flexibility index (Phi) is 4.61. The molecule has 100 valence electrons. The van der Waals surface area contributed by atoms with Crippen molar-refractivity contribution in [3.05, 3.63) is 55.9 Å². The van der Waals surface area contributed by atoms with Crippen LogP contribution in [-0.2, 0) is 13.1 Å². The van der Waals surface area contributed by atoms with Gasteiger partial charge in [-0.25, -0.2) is 4.68 Å². The Morgan fingerprint density at radius 3 is 2.84 bits per heavy atom. The maximum atomic E-state index is 11.9. The van der Waals surface area contributed by atoms with E-state index in [1.165, 1.54) is 4.68 Å². The number of aryl methyl sites for hydroxylation is 1. The smallest absolute Gasteiger partial charge is 0.283 e. The van der Waals surface area contributed by atoms with Crippen molar-refractivity contribution in [1.82, 2.24) is 9.78 Å². The summed E-state index contributed by atoms with van der Waals surface area (Å²) < 4.78 is 1.88. The lowest BCUT2D eigenvalue weighted by molar-refractivity contribution is 0.613. The third-order valence-electron chi connectivity index (χ3n) is 2.71. The van der Waals surface area contributed by atoms with Crippen LogP contribution in [0, 0.1) is 0 Å². The van der Waals surface area contributed by atoms with Gasteiger partial charge in [0, 0.05) is 18.1 Å². The van der Waals surface area contributed by atoms with Crippen molar-refractivity contribution in [1.29, 1.82) is 0 Å². The van der Waals surface area contributed by atoms with Crippen molar-refractivity contribution in [2.45, 2.75) is 20.0 Å². The quantitative estimate of drug-likeness (QED) is 0.927. The van der Waals surface area contributed by atoms with Crippen LogP contribution in [0.1, 0.15) is 12.5 Å². The zero-order chi connectivity index (χ0) is 13.8. The number of aromatic nitrogens is 2. The van der Waals surface area contributed by atoms with Crippen molar-refractivity contribution in [3.8, 4) is 0 Å². The first-order valence-corrected chi connectivity index (χ1v) is 7.03. The van der Waals surface area contributed by atoms with E-state index in [9.17, 15) is 4.79 Å². The second-order valence-electron chi connectivity index (χ2n) is 3.94. The summed E-state index contributed by atoms with van der Waals surface area (Å²) in [6, 6.07) is 7.57. The molecule has 0 amide bonds. The zero-order valence-corrected chi connectivity index (χ0v) is 12.7. The molecule has 0 unspecified atom stereocenters. The Balaban J connectivity index is 2.19. The molecule has 2 aromatic rings. The molecule has 0 spiro atoms. The first-order chi connectivity index (χ1) is 9.13. The van der Waals surface area contributed by atoms with Crippen molar-refractivity contribution in [2.75, 3.05) is 5.32 Å². The van der Waals surface area contributed by atoms with Crippen LogP contribution in [0.5, 0.6) is 0 Å². The Morgan fingerprint density at radius 1 is 1.42 bits per heavy atom. The maximum Gasteiger partial charge on any atom is 0.283 e. The van der Waals surface area contributed by atoms with Crippen LogP contribution >= 0.6 is 27.5 Å². The van der Waals surface area contributed by atoms with Gasteiger partial charge >= 0.3 is 0 Å². The topological polar surface area (TPSA) is 46.9 Å². The fourth-order valence-corrected chi connectivity index (χ4v) is 2.30. The Labute approximate surface area is 124 Å². The molecular formula is C13H13BrClN3O. The molecule has 1 aromatic heterocycles. The van der Waals surface area contributed by atoms with Gasteiger partial charge in [0.1, 0.15) is 4.47 Å². The van der Waals surface area contributed by atoms with Gasteiger partial charge in [0.15, 0.2) is 0 Å².